The highest BCUT2D eigenvalue weighted by Crippen LogP contribution is 2.19. The number of hydrogen-bond acceptors (Lipinski definition) is 9. The SMILES string of the molecule is CCCC(CCC)S(=O)(=O)C[C@@H](NC(=O)c1cccnc1)C(=O)N[C@@H](Cc1cc(F)cc(F)c1)[C@@H](O)[C@H](O)[C@@H](CCOC)NC(C)=O. The highest BCUT2D eigenvalue weighted by atomic mass is 32.2. The van der Waals surface area contributed by atoms with Crippen LogP contribution in [0.3, 0.4) is 0 Å². The van der Waals surface area contributed by atoms with Crippen molar-refractivity contribution in [2.75, 3.05) is 19.5 Å². The van der Waals surface area contributed by atoms with Crippen molar-refractivity contribution in [3.8, 4) is 0 Å². The van der Waals surface area contributed by atoms with Crippen molar-refractivity contribution in [3.05, 3.63) is 65.5 Å². The van der Waals surface area contributed by atoms with Crippen LogP contribution in [0, 0.1) is 11.6 Å². The molecule has 3 amide bonds. The molecule has 0 spiro atoms. The van der Waals surface area contributed by atoms with E-state index in [2.05, 4.69) is 20.9 Å². The van der Waals surface area contributed by atoms with Crippen molar-refractivity contribution in [2.24, 2.45) is 0 Å². The molecule has 0 fully saturated rings. The number of hydrogen-bond donors (Lipinski definition) is 5. The Morgan fingerprint density at radius 1 is 0.936 bits per heavy atom. The topological polar surface area (TPSA) is 184 Å². The van der Waals surface area contributed by atoms with Crippen LogP contribution in [-0.2, 0) is 30.6 Å². The number of carbonyl (C=O) groups is 3. The first kappa shape index (κ1) is 39.6. The fourth-order valence-corrected chi connectivity index (χ4v) is 7.43. The summed E-state index contributed by atoms with van der Waals surface area (Å²) in [6.45, 7) is 4.95. The number of methoxy groups -OCH3 is 1. The number of sulfone groups is 1. The van der Waals surface area contributed by atoms with Crippen LogP contribution < -0.4 is 16.0 Å². The van der Waals surface area contributed by atoms with Gasteiger partial charge in [-0.05, 0) is 55.5 Å². The first-order valence-corrected chi connectivity index (χ1v) is 17.2. The highest BCUT2D eigenvalue weighted by Gasteiger charge is 2.37. The number of aliphatic hydroxyl groups excluding tert-OH is 2. The minimum Gasteiger partial charge on any atom is -0.388 e. The van der Waals surface area contributed by atoms with Crippen LogP contribution in [0.15, 0.2) is 42.7 Å². The lowest BCUT2D eigenvalue weighted by Crippen LogP contribution is -2.60. The highest BCUT2D eigenvalue weighted by molar-refractivity contribution is 7.92. The molecule has 47 heavy (non-hydrogen) atoms. The first-order valence-electron chi connectivity index (χ1n) is 15.5. The van der Waals surface area contributed by atoms with E-state index in [1.165, 1.54) is 38.6 Å². The number of aliphatic hydroxyl groups is 2. The second-order valence-corrected chi connectivity index (χ2v) is 13.8. The zero-order valence-electron chi connectivity index (χ0n) is 27.1. The van der Waals surface area contributed by atoms with Crippen molar-refractivity contribution in [1.82, 2.24) is 20.9 Å². The Labute approximate surface area is 274 Å². The third kappa shape index (κ3) is 12.9. The average Bonchev–Trinajstić information content (AvgIpc) is 3.01. The Balaban J connectivity index is 2.52. The van der Waals surface area contributed by atoms with Gasteiger partial charge in [-0.25, -0.2) is 17.2 Å². The maximum atomic E-state index is 14.1. The van der Waals surface area contributed by atoms with Gasteiger partial charge in [0.1, 0.15) is 29.9 Å². The number of carbonyl (C=O) groups excluding carboxylic acids is 3. The molecule has 0 bridgehead atoms. The lowest BCUT2D eigenvalue weighted by molar-refractivity contribution is -0.126. The number of ether oxygens (including phenoxy) is 1. The number of pyridine rings is 1. The van der Waals surface area contributed by atoms with Crippen LogP contribution in [0.1, 0.15) is 68.8 Å². The van der Waals surface area contributed by atoms with Gasteiger partial charge in [0.05, 0.1) is 28.6 Å². The molecule has 0 radical (unpaired) electrons. The number of benzene rings is 1. The number of nitrogens with zero attached hydrogens (tertiary/aromatic N) is 1. The second-order valence-electron chi connectivity index (χ2n) is 11.5. The van der Waals surface area contributed by atoms with E-state index >= 15 is 0 Å². The third-order valence-electron chi connectivity index (χ3n) is 7.58. The Hall–Kier alpha value is -3.53. The van der Waals surface area contributed by atoms with Crippen molar-refractivity contribution in [2.45, 2.75) is 94.9 Å². The first-order chi connectivity index (χ1) is 22.2. The minimum absolute atomic E-state index is 0.00143. The van der Waals surface area contributed by atoms with E-state index in [1.807, 2.05) is 13.8 Å². The molecule has 2 aromatic rings. The van der Waals surface area contributed by atoms with Gasteiger partial charge in [0, 0.05) is 39.1 Å². The van der Waals surface area contributed by atoms with Gasteiger partial charge in [-0.1, -0.05) is 26.7 Å². The minimum atomic E-state index is -3.96. The zero-order valence-corrected chi connectivity index (χ0v) is 27.9. The monoisotopic (exact) mass is 684 g/mol. The molecule has 0 unspecified atom stereocenters. The summed E-state index contributed by atoms with van der Waals surface area (Å²) in [5, 5.41) is 29.2. The van der Waals surface area contributed by atoms with Gasteiger partial charge in [0.15, 0.2) is 9.84 Å². The van der Waals surface area contributed by atoms with Crippen molar-refractivity contribution in [3.63, 3.8) is 0 Å². The summed E-state index contributed by atoms with van der Waals surface area (Å²) in [7, 11) is -2.56. The lowest BCUT2D eigenvalue weighted by atomic mass is 9.92. The molecule has 2 rings (SSSR count). The standard InChI is InChI=1S/C32H46F2N4O8S/c1-5-8-25(9-6-2)47(44,45)19-28(38-31(42)22-10-7-12-35-18-22)32(43)37-27(16-21-14-23(33)17-24(34)15-21)30(41)29(40)26(11-13-46-4)36-20(3)39/h7,10,12,14-15,17-18,25-30,40-41H,5-6,8-9,11,13,16,19H2,1-4H3,(H,36,39)(H,37,43)(H,38,42)/t26-,27+,28-,29-,30-/m1/s1. The van der Waals surface area contributed by atoms with Gasteiger partial charge in [-0.2, -0.15) is 0 Å². The summed E-state index contributed by atoms with van der Waals surface area (Å²) < 4.78 is 60.4. The number of rotatable bonds is 20. The van der Waals surface area contributed by atoms with Gasteiger partial charge < -0.3 is 30.9 Å². The van der Waals surface area contributed by atoms with Gasteiger partial charge in [0.2, 0.25) is 11.8 Å². The number of nitrogens with one attached hydrogen (secondary N) is 3. The van der Waals surface area contributed by atoms with Crippen LogP contribution in [0.25, 0.3) is 0 Å². The summed E-state index contributed by atoms with van der Waals surface area (Å²) in [6.07, 6.45) is 0.550. The van der Waals surface area contributed by atoms with Crippen LogP contribution in [0.4, 0.5) is 8.78 Å². The molecule has 0 saturated heterocycles. The van der Waals surface area contributed by atoms with Crippen molar-refractivity contribution >= 4 is 27.6 Å². The van der Waals surface area contributed by atoms with E-state index in [-0.39, 0.29) is 24.2 Å². The van der Waals surface area contributed by atoms with Crippen molar-refractivity contribution < 1.29 is 46.5 Å². The molecule has 1 aromatic heterocycles. The Morgan fingerprint density at radius 2 is 1.55 bits per heavy atom. The fourth-order valence-electron chi connectivity index (χ4n) is 5.27. The van der Waals surface area contributed by atoms with E-state index < -0.39 is 87.0 Å². The van der Waals surface area contributed by atoms with Gasteiger partial charge >= 0.3 is 0 Å². The molecule has 5 atom stereocenters. The molecule has 1 heterocycles. The average molecular weight is 685 g/mol. The summed E-state index contributed by atoms with van der Waals surface area (Å²) in [4.78, 5) is 42.7. The fraction of sp³-hybridized carbons (Fsp3) is 0.562. The number of amides is 3. The van der Waals surface area contributed by atoms with Crippen LogP contribution in [0.5, 0.6) is 0 Å². The van der Waals surface area contributed by atoms with E-state index in [4.69, 9.17) is 4.74 Å². The zero-order chi connectivity index (χ0) is 35.1. The molecule has 0 aliphatic heterocycles. The normalized spacial score (nSPS) is 14.9. The van der Waals surface area contributed by atoms with E-state index in [0.717, 1.165) is 12.1 Å². The summed E-state index contributed by atoms with van der Waals surface area (Å²) in [6, 6.07) is 1.30. The largest absolute Gasteiger partial charge is 0.388 e. The molecular weight excluding hydrogens is 638 g/mol. The van der Waals surface area contributed by atoms with Gasteiger partial charge in [0.25, 0.3) is 5.91 Å². The lowest BCUT2D eigenvalue weighted by Gasteiger charge is -2.33. The van der Waals surface area contributed by atoms with Crippen LogP contribution >= 0.6 is 0 Å². The maximum absolute atomic E-state index is 14.1. The van der Waals surface area contributed by atoms with E-state index in [9.17, 15) is 41.8 Å². The molecule has 5 N–H and O–H groups in total. The van der Waals surface area contributed by atoms with Crippen LogP contribution in [-0.4, -0.2) is 96.4 Å². The second kappa shape index (κ2) is 19.3. The maximum Gasteiger partial charge on any atom is 0.253 e. The molecule has 0 saturated carbocycles. The molecular formula is C32H46F2N4O8S. The molecule has 262 valence electrons. The molecule has 12 nitrogen and oxygen atoms in total. The Morgan fingerprint density at radius 3 is 2.09 bits per heavy atom. The predicted octanol–water partition coefficient (Wildman–Crippen LogP) is 1.83. The summed E-state index contributed by atoms with van der Waals surface area (Å²) >= 11 is 0. The summed E-state index contributed by atoms with van der Waals surface area (Å²) in [5.41, 5.74) is 0.0569. The van der Waals surface area contributed by atoms with E-state index in [0.29, 0.717) is 31.7 Å². The van der Waals surface area contributed by atoms with E-state index in [1.54, 1.807) is 0 Å². The smallest absolute Gasteiger partial charge is 0.253 e. The molecule has 0 aliphatic rings. The number of halogens is 2. The quantitative estimate of drug-likeness (QED) is 0.139. The predicted molar refractivity (Wildman–Crippen MR) is 171 cm³/mol. The molecule has 1 aromatic carbocycles. The van der Waals surface area contributed by atoms with Gasteiger partial charge in [-0.15, -0.1) is 0 Å². The third-order valence-corrected chi connectivity index (χ3v) is 9.86. The Bertz CT molecular complexity index is 1390. The molecule has 15 heteroatoms. The van der Waals surface area contributed by atoms with Gasteiger partial charge in [-0.3, -0.25) is 19.4 Å². The Kier molecular flexibility index (Phi) is 16.3. The number of aromatic nitrogens is 1. The molecule has 0 aliphatic carbocycles. The van der Waals surface area contributed by atoms with Crippen LogP contribution in [0.2, 0.25) is 0 Å². The summed E-state index contributed by atoms with van der Waals surface area (Å²) in [5.74, 6) is -4.98. The van der Waals surface area contributed by atoms with Crippen molar-refractivity contribution in [1.29, 1.82) is 0 Å².